The number of thioether (sulfide) groups is 1. The zero-order valence-electron chi connectivity index (χ0n) is 17.2. The number of amides is 3. The van der Waals surface area contributed by atoms with Crippen LogP contribution in [0, 0.1) is 0 Å². The van der Waals surface area contributed by atoms with Crippen LogP contribution in [0.5, 0.6) is 0 Å². The van der Waals surface area contributed by atoms with Gasteiger partial charge in [-0.15, -0.1) is 11.8 Å². The van der Waals surface area contributed by atoms with Gasteiger partial charge in [0.15, 0.2) is 5.76 Å². The molecule has 1 fully saturated rings. The second-order valence-corrected chi connectivity index (χ2v) is 8.86. The summed E-state index contributed by atoms with van der Waals surface area (Å²) < 4.78 is 5.08. The molecule has 1 saturated heterocycles. The van der Waals surface area contributed by atoms with E-state index in [0.717, 1.165) is 10.5 Å². The Balaban J connectivity index is 1.41. The smallest absolute Gasteiger partial charge is 0.291 e. The van der Waals surface area contributed by atoms with E-state index in [1.807, 2.05) is 36.4 Å². The predicted molar refractivity (Wildman–Crippen MR) is 120 cm³/mol. The Labute approximate surface area is 184 Å². The zero-order valence-corrected chi connectivity index (χ0v) is 18.0. The van der Waals surface area contributed by atoms with Crippen molar-refractivity contribution in [3.05, 3.63) is 78.3 Å². The fraction of sp³-hybridized carbons (Fsp3) is 0.208. The Morgan fingerprint density at radius 2 is 1.77 bits per heavy atom. The van der Waals surface area contributed by atoms with Crippen LogP contribution in [0.3, 0.4) is 0 Å². The molecule has 2 aromatic carbocycles. The third-order valence-corrected chi connectivity index (χ3v) is 6.26. The minimum absolute atomic E-state index is 0.159. The number of hydrogen-bond acceptors (Lipinski definition) is 5. The predicted octanol–water partition coefficient (Wildman–Crippen LogP) is 5.08. The van der Waals surface area contributed by atoms with Gasteiger partial charge in [-0.2, -0.15) is 0 Å². The lowest BCUT2D eigenvalue weighted by molar-refractivity contribution is -0.121. The van der Waals surface area contributed by atoms with Gasteiger partial charge < -0.3 is 9.73 Å². The normalized spacial score (nSPS) is 16.2. The standard InChI is InChI=1S/C24H22N2O4S/c1-15(2)16-5-9-18(10-6-16)26-22(27)14-21(24(26)29)31-19-11-7-17(8-12-19)25-23(28)20-4-3-13-30-20/h3-13,15,21H,14H2,1-2H3,(H,25,28). The summed E-state index contributed by atoms with van der Waals surface area (Å²) in [5.41, 5.74) is 2.39. The highest BCUT2D eigenvalue weighted by Gasteiger charge is 2.40. The highest BCUT2D eigenvalue weighted by molar-refractivity contribution is 8.00. The van der Waals surface area contributed by atoms with Crippen LogP contribution in [0.1, 0.15) is 42.3 Å². The van der Waals surface area contributed by atoms with Crippen LogP contribution in [-0.4, -0.2) is 23.0 Å². The second-order valence-electron chi connectivity index (χ2n) is 7.58. The molecular weight excluding hydrogens is 412 g/mol. The number of carbonyl (C=O) groups excluding carboxylic acids is 3. The molecule has 31 heavy (non-hydrogen) atoms. The highest BCUT2D eigenvalue weighted by Crippen LogP contribution is 2.34. The van der Waals surface area contributed by atoms with Crippen LogP contribution in [0.15, 0.2) is 76.2 Å². The largest absolute Gasteiger partial charge is 0.459 e. The van der Waals surface area contributed by atoms with Crippen molar-refractivity contribution in [1.82, 2.24) is 0 Å². The fourth-order valence-corrected chi connectivity index (χ4v) is 4.41. The van der Waals surface area contributed by atoms with Crippen molar-refractivity contribution in [2.75, 3.05) is 10.2 Å². The van der Waals surface area contributed by atoms with E-state index < -0.39 is 5.25 Å². The number of benzene rings is 2. The summed E-state index contributed by atoms with van der Waals surface area (Å²) in [4.78, 5) is 39.6. The molecule has 6 nitrogen and oxygen atoms in total. The number of furan rings is 1. The summed E-state index contributed by atoms with van der Waals surface area (Å²) in [5.74, 6) is -0.116. The molecule has 1 aliphatic heterocycles. The molecule has 1 aliphatic rings. The van der Waals surface area contributed by atoms with Crippen molar-refractivity contribution in [3.8, 4) is 0 Å². The average Bonchev–Trinajstić information content (AvgIpc) is 3.38. The van der Waals surface area contributed by atoms with Crippen LogP contribution < -0.4 is 10.2 Å². The van der Waals surface area contributed by atoms with E-state index in [9.17, 15) is 14.4 Å². The molecule has 7 heteroatoms. The van der Waals surface area contributed by atoms with E-state index in [-0.39, 0.29) is 29.9 Å². The molecular formula is C24H22N2O4S. The molecule has 2 heterocycles. The molecule has 1 unspecified atom stereocenters. The molecule has 1 aromatic heterocycles. The van der Waals surface area contributed by atoms with E-state index >= 15 is 0 Å². The Morgan fingerprint density at radius 3 is 2.39 bits per heavy atom. The van der Waals surface area contributed by atoms with Crippen LogP contribution in [0.4, 0.5) is 11.4 Å². The summed E-state index contributed by atoms with van der Waals surface area (Å²) in [7, 11) is 0. The van der Waals surface area contributed by atoms with E-state index in [0.29, 0.717) is 17.3 Å². The van der Waals surface area contributed by atoms with Crippen molar-refractivity contribution >= 4 is 40.9 Å². The second kappa shape index (κ2) is 8.81. The highest BCUT2D eigenvalue weighted by atomic mass is 32.2. The molecule has 158 valence electrons. The molecule has 3 amide bonds. The molecule has 0 bridgehead atoms. The van der Waals surface area contributed by atoms with Crippen LogP contribution in [-0.2, 0) is 9.59 Å². The zero-order chi connectivity index (χ0) is 22.0. The quantitative estimate of drug-likeness (QED) is 0.547. The maximum atomic E-state index is 12.9. The average molecular weight is 435 g/mol. The van der Waals surface area contributed by atoms with Gasteiger partial charge in [0.1, 0.15) is 0 Å². The maximum Gasteiger partial charge on any atom is 0.291 e. The number of anilines is 2. The minimum Gasteiger partial charge on any atom is -0.459 e. The Hall–Kier alpha value is -3.32. The summed E-state index contributed by atoms with van der Waals surface area (Å²) >= 11 is 1.35. The van der Waals surface area contributed by atoms with Gasteiger partial charge in [0.05, 0.1) is 17.2 Å². The van der Waals surface area contributed by atoms with Gasteiger partial charge >= 0.3 is 0 Å². The van der Waals surface area contributed by atoms with Gasteiger partial charge in [-0.25, -0.2) is 4.90 Å². The van der Waals surface area contributed by atoms with Crippen LogP contribution in [0.2, 0.25) is 0 Å². The van der Waals surface area contributed by atoms with Crippen molar-refractivity contribution in [2.24, 2.45) is 0 Å². The first-order chi connectivity index (χ1) is 14.9. The first kappa shape index (κ1) is 20.9. The van der Waals surface area contributed by atoms with Crippen molar-refractivity contribution in [3.63, 3.8) is 0 Å². The monoisotopic (exact) mass is 434 g/mol. The molecule has 0 radical (unpaired) electrons. The molecule has 1 atom stereocenters. The number of nitrogens with one attached hydrogen (secondary N) is 1. The summed E-state index contributed by atoms with van der Waals surface area (Å²) in [5, 5.41) is 2.28. The van der Waals surface area contributed by atoms with Crippen LogP contribution >= 0.6 is 11.8 Å². The number of rotatable bonds is 6. The maximum absolute atomic E-state index is 12.9. The van der Waals surface area contributed by atoms with E-state index in [2.05, 4.69) is 19.2 Å². The van der Waals surface area contributed by atoms with Gasteiger partial charge in [0.25, 0.3) is 5.91 Å². The van der Waals surface area contributed by atoms with Crippen molar-refractivity contribution in [2.45, 2.75) is 36.3 Å². The number of carbonyl (C=O) groups is 3. The van der Waals surface area contributed by atoms with E-state index in [4.69, 9.17) is 4.42 Å². The summed E-state index contributed by atoms with van der Waals surface area (Å²) in [6.45, 7) is 4.20. The van der Waals surface area contributed by atoms with Gasteiger partial charge in [-0.1, -0.05) is 26.0 Å². The fourth-order valence-electron chi connectivity index (χ4n) is 3.36. The van der Waals surface area contributed by atoms with Crippen molar-refractivity contribution < 1.29 is 18.8 Å². The van der Waals surface area contributed by atoms with Gasteiger partial charge in [0.2, 0.25) is 11.8 Å². The lowest BCUT2D eigenvalue weighted by Gasteiger charge is -2.16. The number of imide groups is 1. The lowest BCUT2D eigenvalue weighted by Crippen LogP contribution is -2.31. The molecule has 3 aromatic rings. The van der Waals surface area contributed by atoms with Gasteiger partial charge in [-0.05, 0) is 60.0 Å². The summed E-state index contributed by atoms with van der Waals surface area (Å²) in [6.07, 6.45) is 1.60. The molecule has 4 rings (SSSR count). The minimum atomic E-state index is -0.471. The molecule has 1 N–H and O–H groups in total. The number of nitrogens with zero attached hydrogens (tertiary/aromatic N) is 1. The first-order valence-corrected chi connectivity index (χ1v) is 10.9. The SMILES string of the molecule is CC(C)c1ccc(N2C(=O)CC(Sc3ccc(NC(=O)c4ccco4)cc3)C2=O)cc1. The Kier molecular flexibility index (Phi) is 5.95. The molecule has 0 spiro atoms. The summed E-state index contributed by atoms with van der Waals surface area (Å²) in [6, 6.07) is 18.0. The van der Waals surface area contributed by atoms with E-state index in [1.165, 1.54) is 22.9 Å². The Bertz CT molecular complexity index is 1090. The van der Waals surface area contributed by atoms with Gasteiger partial charge in [0, 0.05) is 17.0 Å². The molecule has 0 saturated carbocycles. The first-order valence-electron chi connectivity index (χ1n) is 10.0. The molecule has 0 aliphatic carbocycles. The van der Waals surface area contributed by atoms with Gasteiger partial charge in [-0.3, -0.25) is 14.4 Å². The van der Waals surface area contributed by atoms with E-state index in [1.54, 1.807) is 24.3 Å². The third-order valence-electron chi connectivity index (χ3n) is 5.06. The van der Waals surface area contributed by atoms with Crippen molar-refractivity contribution in [1.29, 1.82) is 0 Å². The topological polar surface area (TPSA) is 79.6 Å². The van der Waals surface area contributed by atoms with Crippen LogP contribution in [0.25, 0.3) is 0 Å². The third kappa shape index (κ3) is 4.56. The number of hydrogen-bond donors (Lipinski definition) is 1. The lowest BCUT2D eigenvalue weighted by atomic mass is 10.0. The Morgan fingerprint density at radius 1 is 1.06 bits per heavy atom.